The van der Waals surface area contributed by atoms with E-state index in [9.17, 15) is 4.79 Å². The third-order valence-corrected chi connectivity index (χ3v) is 6.12. The van der Waals surface area contributed by atoms with E-state index in [1.165, 1.54) is 4.46 Å². The van der Waals surface area contributed by atoms with Crippen LogP contribution in [0.2, 0.25) is 0 Å². The Hall–Kier alpha value is -1.20. The zero-order valence-corrected chi connectivity index (χ0v) is 15.1. The third kappa shape index (κ3) is 4.17. The van der Waals surface area contributed by atoms with Crippen molar-refractivity contribution in [3.05, 3.63) is 51.0 Å². The Bertz CT molecular complexity index is 725. The van der Waals surface area contributed by atoms with E-state index >= 15 is 0 Å². The summed E-state index contributed by atoms with van der Waals surface area (Å²) in [5, 5.41) is 8.97. The van der Waals surface area contributed by atoms with Crippen molar-refractivity contribution in [2.75, 3.05) is 6.61 Å². The predicted octanol–water partition coefficient (Wildman–Crippen LogP) is 0.896. The summed E-state index contributed by atoms with van der Waals surface area (Å²) in [7, 11) is 0. The first kappa shape index (κ1) is 17.2. The van der Waals surface area contributed by atoms with Gasteiger partial charge in [-0.1, -0.05) is 0 Å². The zero-order chi connectivity index (χ0) is 15.9. The van der Waals surface area contributed by atoms with Crippen molar-refractivity contribution in [2.45, 2.75) is 32.7 Å². The van der Waals surface area contributed by atoms with Crippen molar-refractivity contribution >= 4 is 36.2 Å². The number of hydrogen-bond donors (Lipinski definition) is 2. The molecule has 0 aliphatic rings. The van der Waals surface area contributed by atoms with Gasteiger partial charge in [0.15, 0.2) is 0 Å². The van der Waals surface area contributed by atoms with Gasteiger partial charge in [0.25, 0.3) is 0 Å². The molecular weight excluding hydrogens is 363 g/mol. The zero-order valence-electron chi connectivity index (χ0n) is 12.5. The topological polar surface area (TPSA) is 58.0 Å². The fourth-order valence-electron chi connectivity index (χ4n) is 2.21. The molecule has 118 valence electrons. The van der Waals surface area contributed by atoms with E-state index in [0.29, 0.717) is 11.2 Å². The average Bonchev–Trinajstić information content (AvgIpc) is 2.51. The van der Waals surface area contributed by atoms with Gasteiger partial charge in [-0.3, -0.25) is 0 Å². The Morgan fingerprint density at radius 1 is 1.27 bits per heavy atom. The number of unbranched alkanes of at least 4 members (excludes halogenated alkanes) is 1. The minimum atomic E-state index is -0.0706. The fraction of sp³-hybridized carbons (Fsp3) is 0.375. The van der Waals surface area contributed by atoms with Gasteiger partial charge in [-0.15, -0.1) is 0 Å². The van der Waals surface area contributed by atoms with Crippen LogP contribution in [0, 0.1) is 4.77 Å². The van der Waals surface area contributed by atoms with E-state index in [4.69, 9.17) is 17.3 Å². The molecule has 22 heavy (non-hydrogen) atoms. The number of aliphatic hydroxyl groups is 1. The number of aromatic amines is 1. The first-order chi connectivity index (χ1) is 10.7. The molecule has 6 heteroatoms. The summed E-state index contributed by atoms with van der Waals surface area (Å²) in [6.07, 6.45) is 2.27. The van der Waals surface area contributed by atoms with Gasteiger partial charge < -0.3 is 0 Å². The number of benzene rings is 1. The van der Waals surface area contributed by atoms with Crippen LogP contribution in [0.15, 0.2) is 35.1 Å². The molecule has 0 saturated carbocycles. The third-order valence-electron chi connectivity index (χ3n) is 3.34. The summed E-state index contributed by atoms with van der Waals surface area (Å²) in [5.41, 5.74) is 0.750. The van der Waals surface area contributed by atoms with E-state index in [1.807, 2.05) is 29.7 Å². The molecule has 0 unspecified atom stereocenters. The van der Waals surface area contributed by atoms with Crippen LogP contribution in [0.5, 0.6) is 0 Å². The molecule has 0 spiro atoms. The summed E-state index contributed by atoms with van der Waals surface area (Å²) < 4.78 is 4.79. The van der Waals surface area contributed by atoms with Gasteiger partial charge in [0.1, 0.15) is 0 Å². The van der Waals surface area contributed by atoms with E-state index in [2.05, 4.69) is 17.1 Å². The molecule has 0 amide bonds. The molecule has 1 heterocycles. The second-order valence-corrected chi connectivity index (χ2v) is 7.51. The molecule has 0 aliphatic carbocycles. The normalized spacial score (nSPS) is 10.8. The van der Waals surface area contributed by atoms with Crippen LogP contribution in [0.1, 0.15) is 25.3 Å². The number of nitrogens with zero attached hydrogens (tertiary/aromatic N) is 1. The predicted molar refractivity (Wildman–Crippen MR) is 93.0 cm³/mol. The monoisotopic (exact) mass is 384 g/mol. The minimum absolute atomic E-state index is 0.0354. The number of aromatic nitrogens is 2. The molecule has 1 aromatic heterocycles. The van der Waals surface area contributed by atoms with E-state index < -0.39 is 0 Å². The van der Waals surface area contributed by atoms with Gasteiger partial charge in [0, 0.05) is 0 Å². The molecule has 0 aliphatic heterocycles. The molecule has 1 aromatic carbocycles. The summed E-state index contributed by atoms with van der Waals surface area (Å²) in [5.74, 6) is 0. The Kier molecular flexibility index (Phi) is 6.58. The maximum atomic E-state index is 12.2. The number of aliphatic hydroxyl groups excluding tert-OH is 1. The van der Waals surface area contributed by atoms with Crippen molar-refractivity contribution in [3.8, 4) is 0 Å². The molecule has 2 aromatic rings. The number of H-pyrrole nitrogens is 1. The molecule has 0 bridgehead atoms. The number of nitrogens with one attached hydrogen (secondary N) is 1. The first-order valence-corrected chi connectivity index (χ1v) is 9.49. The molecule has 0 atom stereocenters. The molecule has 4 nitrogen and oxygen atoms in total. The maximum absolute atomic E-state index is 12.2. The van der Waals surface area contributed by atoms with E-state index in [-0.39, 0.29) is 27.1 Å². The van der Waals surface area contributed by atoms with Crippen LogP contribution in [-0.2, 0) is 13.0 Å². The van der Waals surface area contributed by atoms with Gasteiger partial charge in [0.2, 0.25) is 0 Å². The van der Waals surface area contributed by atoms with Crippen molar-refractivity contribution in [1.29, 1.82) is 0 Å². The van der Waals surface area contributed by atoms with Crippen LogP contribution >= 0.6 is 12.2 Å². The van der Waals surface area contributed by atoms with Crippen LogP contribution < -0.4 is 14.6 Å². The summed E-state index contributed by atoms with van der Waals surface area (Å²) >= 11 is 5.39. The van der Waals surface area contributed by atoms with Gasteiger partial charge in [-0.2, -0.15) is 0 Å². The van der Waals surface area contributed by atoms with Crippen LogP contribution in [0.3, 0.4) is 0 Å². The van der Waals surface area contributed by atoms with Crippen molar-refractivity contribution in [2.24, 2.45) is 0 Å². The summed E-state index contributed by atoms with van der Waals surface area (Å²) in [6, 6.07) is 10.2. The summed E-state index contributed by atoms with van der Waals surface area (Å²) in [6.45, 7) is 2.90. The standard InChI is InChI=1S/C16H20N2O2SSe/c1-2-13-14(20)17-16(21)18(10-6-7-11-19)15(13)22-12-8-4-3-5-9-12/h3-5,8-9,19H,2,6-7,10-11H2,1H3,(H,17,20,21). The fourth-order valence-corrected chi connectivity index (χ4v) is 5.07. The molecular formula is C16H20N2O2SSe. The number of hydrogen-bond acceptors (Lipinski definition) is 3. The molecule has 2 N–H and O–H groups in total. The van der Waals surface area contributed by atoms with Crippen LogP contribution in [-0.4, -0.2) is 36.2 Å². The van der Waals surface area contributed by atoms with E-state index in [1.54, 1.807) is 0 Å². The Labute approximate surface area is 141 Å². The molecule has 0 radical (unpaired) electrons. The number of rotatable bonds is 7. The Morgan fingerprint density at radius 3 is 2.64 bits per heavy atom. The van der Waals surface area contributed by atoms with Crippen molar-refractivity contribution < 1.29 is 5.11 Å². The molecule has 2 rings (SSSR count). The molecule has 0 saturated heterocycles. The average molecular weight is 383 g/mol. The summed E-state index contributed by atoms with van der Waals surface area (Å²) in [4.78, 5) is 15.0. The van der Waals surface area contributed by atoms with Gasteiger partial charge in [-0.05, 0) is 0 Å². The second kappa shape index (κ2) is 8.44. The quantitative estimate of drug-likeness (QED) is 0.424. The molecule has 0 fully saturated rings. The van der Waals surface area contributed by atoms with Crippen LogP contribution in [0.25, 0.3) is 0 Å². The van der Waals surface area contributed by atoms with Crippen molar-refractivity contribution in [1.82, 2.24) is 9.55 Å². The Balaban J connectivity index is 2.46. The first-order valence-electron chi connectivity index (χ1n) is 7.37. The van der Waals surface area contributed by atoms with E-state index in [0.717, 1.165) is 29.5 Å². The van der Waals surface area contributed by atoms with Crippen LogP contribution in [0.4, 0.5) is 0 Å². The Morgan fingerprint density at radius 2 is 2.00 bits per heavy atom. The van der Waals surface area contributed by atoms with Gasteiger partial charge in [-0.25, -0.2) is 0 Å². The van der Waals surface area contributed by atoms with Crippen molar-refractivity contribution in [3.63, 3.8) is 0 Å². The van der Waals surface area contributed by atoms with Gasteiger partial charge in [0.05, 0.1) is 0 Å². The second-order valence-electron chi connectivity index (χ2n) is 4.89. The van der Waals surface area contributed by atoms with Gasteiger partial charge >= 0.3 is 141 Å². The SMILES string of the molecule is CCc1c([Se]c2ccccc2)n(CCCCO)c(=S)[nH]c1=O.